The number of H-pyrrole nitrogens is 1. The molecular formula is C11H17N3O2S2. The number of carbonyl (C=O) groups is 2. The third-order valence-electron chi connectivity index (χ3n) is 2.14. The minimum Gasteiger partial charge on any atom is -0.352 e. The lowest BCUT2D eigenvalue weighted by atomic mass is 10.3. The maximum absolute atomic E-state index is 11.6. The normalized spacial score (nSPS) is 10.4. The van der Waals surface area contributed by atoms with E-state index in [1.807, 2.05) is 20.8 Å². The molecular weight excluding hydrogens is 270 g/mol. The smallest absolute Gasteiger partial charge is 0.239 e. The highest BCUT2D eigenvalue weighted by atomic mass is 32.1. The first kappa shape index (κ1) is 14.8. The van der Waals surface area contributed by atoms with Crippen LogP contribution in [0, 0.1) is 10.9 Å². The summed E-state index contributed by atoms with van der Waals surface area (Å²) >= 11 is 6.38. The molecule has 5 nitrogen and oxygen atoms in total. The van der Waals surface area contributed by atoms with Crippen LogP contribution < -0.4 is 10.6 Å². The van der Waals surface area contributed by atoms with E-state index in [-0.39, 0.29) is 30.8 Å². The molecule has 0 fully saturated rings. The largest absolute Gasteiger partial charge is 0.352 e. The Balaban J connectivity index is 2.41. The van der Waals surface area contributed by atoms with Crippen LogP contribution in [0.1, 0.15) is 24.4 Å². The van der Waals surface area contributed by atoms with Gasteiger partial charge in [-0.15, -0.1) is 11.3 Å². The van der Waals surface area contributed by atoms with Crippen molar-refractivity contribution < 1.29 is 9.59 Å². The van der Waals surface area contributed by atoms with Crippen molar-refractivity contribution in [2.75, 3.05) is 6.54 Å². The lowest BCUT2D eigenvalue weighted by Gasteiger charge is -2.09. The molecule has 1 rings (SSSR count). The Labute approximate surface area is 115 Å². The van der Waals surface area contributed by atoms with E-state index >= 15 is 0 Å². The molecule has 0 saturated carbocycles. The lowest BCUT2D eigenvalue weighted by Crippen LogP contribution is -2.40. The van der Waals surface area contributed by atoms with Crippen molar-refractivity contribution in [1.29, 1.82) is 0 Å². The zero-order chi connectivity index (χ0) is 13.7. The fourth-order valence-corrected chi connectivity index (χ4v) is 2.66. The zero-order valence-electron chi connectivity index (χ0n) is 10.6. The van der Waals surface area contributed by atoms with Crippen molar-refractivity contribution in [1.82, 2.24) is 15.6 Å². The molecule has 1 aromatic rings. The maximum Gasteiger partial charge on any atom is 0.239 e. The summed E-state index contributed by atoms with van der Waals surface area (Å²) in [6.07, 6.45) is 0.249. The van der Waals surface area contributed by atoms with Crippen LogP contribution in [0.15, 0.2) is 0 Å². The van der Waals surface area contributed by atoms with E-state index in [4.69, 9.17) is 12.2 Å². The summed E-state index contributed by atoms with van der Waals surface area (Å²) in [7, 11) is 0. The van der Waals surface area contributed by atoms with Crippen LogP contribution in [-0.2, 0) is 16.0 Å². The summed E-state index contributed by atoms with van der Waals surface area (Å²) in [5.41, 5.74) is 0.909. The second-order valence-corrected chi connectivity index (χ2v) is 6.01. The fourth-order valence-electron chi connectivity index (χ4n) is 1.37. The SMILES string of the molecule is Cc1[nH]c(=S)sc1CC(=O)NCC(=O)NC(C)C. The molecule has 0 spiro atoms. The number of aryl methyl sites for hydroxylation is 1. The Morgan fingerprint density at radius 2 is 2.06 bits per heavy atom. The number of aromatic nitrogens is 1. The van der Waals surface area contributed by atoms with Gasteiger partial charge in [-0.1, -0.05) is 0 Å². The van der Waals surface area contributed by atoms with Crippen molar-refractivity contribution in [3.05, 3.63) is 14.5 Å². The molecule has 3 N–H and O–H groups in total. The van der Waals surface area contributed by atoms with Crippen molar-refractivity contribution in [2.45, 2.75) is 33.2 Å². The van der Waals surface area contributed by atoms with E-state index in [1.54, 1.807) is 0 Å². The number of amides is 2. The monoisotopic (exact) mass is 287 g/mol. The molecule has 7 heteroatoms. The van der Waals surface area contributed by atoms with E-state index in [1.165, 1.54) is 11.3 Å². The number of aromatic amines is 1. The van der Waals surface area contributed by atoms with Crippen LogP contribution in [-0.4, -0.2) is 29.4 Å². The summed E-state index contributed by atoms with van der Waals surface area (Å²) in [6, 6.07) is 0.0753. The third-order valence-corrected chi connectivity index (χ3v) is 3.48. The minimum atomic E-state index is -0.184. The summed E-state index contributed by atoms with van der Waals surface area (Å²) < 4.78 is 0.660. The number of hydrogen-bond donors (Lipinski definition) is 3. The molecule has 0 saturated heterocycles. The molecule has 1 heterocycles. The third kappa shape index (κ3) is 4.97. The van der Waals surface area contributed by atoms with Crippen molar-refractivity contribution in [3.63, 3.8) is 0 Å². The summed E-state index contributed by atoms with van der Waals surface area (Å²) in [4.78, 5) is 26.8. The van der Waals surface area contributed by atoms with Gasteiger partial charge >= 0.3 is 0 Å². The van der Waals surface area contributed by atoms with Gasteiger partial charge in [-0.05, 0) is 33.0 Å². The molecule has 0 radical (unpaired) electrons. The Kier molecular flexibility index (Phi) is 5.49. The van der Waals surface area contributed by atoms with Crippen LogP contribution >= 0.6 is 23.6 Å². The molecule has 1 aromatic heterocycles. The molecule has 100 valence electrons. The van der Waals surface area contributed by atoms with E-state index in [2.05, 4.69) is 15.6 Å². The van der Waals surface area contributed by atoms with E-state index < -0.39 is 0 Å². The van der Waals surface area contributed by atoms with Crippen LogP contribution in [0.5, 0.6) is 0 Å². The Morgan fingerprint density at radius 1 is 1.39 bits per heavy atom. The molecule has 2 amide bonds. The Morgan fingerprint density at radius 3 is 2.56 bits per heavy atom. The first-order chi connectivity index (χ1) is 8.38. The van der Waals surface area contributed by atoms with E-state index in [9.17, 15) is 9.59 Å². The van der Waals surface area contributed by atoms with Crippen LogP contribution in [0.2, 0.25) is 0 Å². The molecule has 18 heavy (non-hydrogen) atoms. The van der Waals surface area contributed by atoms with Crippen LogP contribution in [0.25, 0.3) is 0 Å². The van der Waals surface area contributed by atoms with Crippen LogP contribution in [0.3, 0.4) is 0 Å². The van der Waals surface area contributed by atoms with Gasteiger partial charge in [0.2, 0.25) is 11.8 Å². The molecule has 0 aliphatic heterocycles. The zero-order valence-corrected chi connectivity index (χ0v) is 12.3. The minimum absolute atomic E-state index is 0.00584. The van der Waals surface area contributed by atoms with Crippen LogP contribution in [0.4, 0.5) is 0 Å². The second-order valence-electron chi connectivity index (χ2n) is 4.24. The van der Waals surface area contributed by atoms with Gasteiger partial charge in [0.05, 0.1) is 13.0 Å². The highest BCUT2D eigenvalue weighted by Gasteiger charge is 2.10. The van der Waals surface area contributed by atoms with E-state index in [0.717, 1.165) is 10.6 Å². The number of thiazole rings is 1. The summed E-state index contributed by atoms with van der Waals surface area (Å²) in [6.45, 7) is 5.62. The molecule has 0 atom stereocenters. The highest BCUT2D eigenvalue weighted by molar-refractivity contribution is 7.73. The predicted octanol–water partition coefficient (Wildman–Crippen LogP) is 1.30. The van der Waals surface area contributed by atoms with Gasteiger partial charge in [0.15, 0.2) is 3.95 Å². The van der Waals surface area contributed by atoms with Crippen molar-refractivity contribution in [2.24, 2.45) is 0 Å². The number of hydrogen-bond acceptors (Lipinski definition) is 4. The van der Waals surface area contributed by atoms with Crippen molar-refractivity contribution >= 4 is 35.4 Å². The quantitative estimate of drug-likeness (QED) is 0.715. The first-order valence-corrected chi connectivity index (χ1v) is 6.85. The number of rotatable bonds is 5. The van der Waals surface area contributed by atoms with Gasteiger partial charge in [0.1, 0.15) is 0 Å². The molecule has 0 unspecified atom stereocenters. The average molecular weight is 287 g/mol. The number of nitrogens with one attached hydrogen (secondary N) is 3. The average Bonchev–Trinajstić information content (AvgIpc) is 2.53. The fraction of sp³-hybridized carbons (Fsp3) is 0.545. The first-order valence-electron chi connectivity index (χ1n) is 5.63. The van der Waals surface area contributed by atoms with Gasteiger partial charge in [-0.3, -0.25) is 9.59 Å². The van der Waals surface area contributed by atoms with Gasteiger partial charge in [0.25, 0.3) is 0 Å². The predicted molar refractivity (Wildman–Crippen MR) is 74.2 cm³/mol. The Bertz CT molecular complexity index is 491. The highest BCUT2D eigenvalue weighted by Crippen LogP contribution is 2.14. The molecule has 0 aliphatic carbocycles. The maximum atomic E-state index is 11.6. The molecule has 0 bridgehead atoms. The van der Waals surface area contributed by atoms with Gasteiger partial charge in [-0.25, -0.2) is 0 Å². The van der Waals surface area contributed by atoms with Crippen molar-refractivity contribution in [3.8, 4) is 0 Å². The Hall–Kier alpha value is -1.21. The second kappa shape index (κ2) is 6.65. The topological polar surface area (TPSA) is 74.0 Å². The van der Waals surface area contributed by atoms with Gasteiger partial charge in [-0.2, -0.15) is 0 Å². The van der Waals surface area contributed by atoms with E-state index in [0.29, 0.717) is 3.95 Å². The van der Waals surface area contributed by atoms with Gasteiger partial charge in [0, 0.05) is 16.6 Å². The summed E-state index contributed by atoms with van der Waals surface area (Å²) in [5, 5.41) is 5.28. The molecule has 0 aromatic carbocycles. The van der Waals surface area contributed by atoms with Gasteiger partial charge < -0.3 is 15.6 Å². The lowest BCUT2D eigenvalue weighted by molar-refractivity contribution is -0.126. The standard InChI is InChI=1S/C11H17N3O2S2/c1-6(2)13-10(16)5-12-9(15)4-8-7(3)14-11(17)18-8/h6H,4-5H2,1-3H3,(H,12,15)(H,13,16)(H,14,17). The summed E-state index contributed by atoms with van der Waals surface area (Å²) in [5.74, 6) is -0.362. The molecule has 0 aliphatic rings. The number of carbonyl (C=O) groups excluding carboxylic acids is 2.